The molecule has 1 unspecified atom stereocenters. The maximum atomic E-state index is 13.7. The Labute approximate surface area is 208 Å². The van der Waals surface area contributed by atoms with Crippen LogP contribution in [-0.4, -0.2) is 72.5 Å². The van der Waals surface area contributed by atoms with Gasteiger partial charge in [0, 0.05) is 51.5 Å². The van der Waals surface area contributed by atoms with Crippen molar-refractivity contribution in [3.8, 4) is 0 Å². The molecule has 3 saturated heterocycles. The Bertz CT molecular complexity index is 1010. The molecule has 186 valence electrons. The molecule has 0 bridgehead atoms. The first-order valence-corrected chi connectivity index (χ1v) is 13.0. The van der Waals surface area contributed by atoms with E-state index in [1.165, 1.54) is 19.1 Å². The molecule has 3 atom stereocenters. The van der Waals surface area contributed by atoms with Gasteiger partial charge in [-0.3, -0.25) is 9.69 Å². The zero-order chi connectivity index (χ0) is 24.2. The van der Waals surface area contributed by atoms with Gasteiger partial charge in [-0.2, -0.15) is 0 Å². The van der Waals surface area contributed by atoms with Gasteiger partial charge in [-0.1, -0.05) is 18.2 Å². The van der Waals surface area contributed by atoms with Crippen molar-refractivity contribution in [2.45, 2.75) is 44.7 Å². The number of anilines is 1. The number of benzene rings is 1. The number of carbonyl (C=O) groups is 2. The number of amides is 1. The number of piperidine rings is 3. The van der Waals surface area contributed by atoms with E-state index < -0.39 is 0 Å². The van der Waals surface area contributed by atoms with E-state index in [1.807, 2.05) is 48.7 Å². The lowest BCUT2D eigenvalue weighted by molar-refractivity contribution is -0.143. The number of pyridine rings is 1. The second-order valence-corrected chi connectivity index (χ2v) is 10.2. The van der Waals surface area contributed by atoms with Crippen molar-refractivity contribution in [2.24, 2.45) is 11.8 Å². The maximum Gasteiger partial charge on any atom is 0.337 e. The van der Waals surface area contributed by atoms with Crippen LogP contribution < -0.4 is 4.90 Å². The molecule has 5 rings (SSSR count). The van der Waals surface area contributed by atoms with Gasteiger partial charge >= 0.3 is 5.97 Å². The summed E-state index contributed by atoms with van der Waals surface area (Å²) in [7, 11) is 1.41. The maximum absolute atomic E-state index is 13.7. The smallest absolute Gasteiger partial charge is 0.337 e. The van der Waals surface area contributed by atoms with E-state index in [-0.39, 0.29) is 11.9 Å². The average molecular weight is 477 g/mol. The molecule has 7 nitrogen and oxygen atoms in total. The summed E-state index contributed by atoms with van der Waals surface area (Å²) in [6, 6.07) is 14.1. The van der Waals surface area contributed by atoms with Gasteiger partial charge in [-0.05, 0) is 67.9 Å². The molecule has 0 aliphatic carbocycles. The van der Waals surface area contributed by atoms with E-state index in [2.05, 4.69) is 19.7 Å². The van der Waals surface area contributed by atoms with Crippen LogP contribution in [0.5, 0.6) is 0 Å². The van der Waals surface area contributed by atoms with Crippen molar-refractivity contribution in [1.82, 2.24) is 14.8 Å². The Hall–Kier alpha value is -2.93. The van der Waals surface area contributed by atoms with Crippen LogP contribution in [0.4, 0.5) is 5.82 Å². The van der Waals surface area contributed by atoms with Gasteiger partial charge in [-0.25, -0.2) is 9.78 Å². The number of likely N-dealkylation sites (tertiary alicyclic amines) is 2. The van der Waals surface area contributed by atoms with Crippen molar-refractivity contribution >= 4 is 17.7 Å². The number of methoxy groups -OCH3 is 1. The minimum Gasteiger partial charge on any atom is -0.465 e. The van der Waals surface area contributed by atoms with E-state index >= 15 is 0 Å². The summed E-state index contributed by atoms with van der Waals surface area (Å²) in [5.41, 5.74) is 1.79. The fourth-order valence-corrected chi connectivity index (χ4v) is 6.18. The lowest BCUT2D eigenvalue weighted by Crippen LogP contribution is -2.57. The number of hydrogen-bond donors (Lipinski definition) is 0. The van der Waals surface area contributed by atoms with Gasteiger partial charge in [0.25, 0.3) is 0 Å². The number of nitrogens with zero attached hydrogens (tertiary/aromatic N) is 4. The summed E-state index contributed by atoms with van der Waals surface area (Å²) in [5.74, 6) is 1.63. The van der Waals surface area contributed by atoms with Crippen molar-refractivity contribution in [1.29, 1.82) is 0 Å². The molecule has 0 saturated carbocycles. The highest BCUT2D eigenvalue weighted by Gasteiger charge is 2.40. The average Bonchev–Trinajstić information content (AvgIpc) is 2.92. The summed E-state index contributed by atoms with van der Waals surface area (Å²) >= 11 is 0. The topological polar surface area (TPSA) is 66.0 Å². The molecule has 1 aromatic heterocycles. The molecule has 2 aromatic rings. The molecule has 1 aromatic carbocycles. The van der Waals surface area contributed by atoms with Gasteiger partial charge < -0.3 is 14.5 Å². The Kier molecular flexibility index (Phi) is 7.32. The molecule has 1 amide bonds. The Morgan fingerprint density at radius 1 is 0.971 bits per heavy atom. The number of fused-ring (bicyclic) bond motifs is 1. The third-order valence-corrected chi connectivity index (χ3v) is 7.96. The van der Waals surface area contributed by atoms with Crippen LogP contribution in [0, 0.1) is 11.8 Å². The third kappa shape index (κ3) is 5.35. The first kappa shape index (κ1) is 23.8. The second-order valence-electron chi connectivity index (χ2n) is 10.2. The number of esters is 1. The second kappa shape index (κ2) is 10.8. The first-order valence-electron chi connectivity index (χ1n) is 13.0. The molecule has 0 spiro atoms. The van der Waals surface area contributed by atoms with Crippen molar-refractivity contribution in [3.63, 3.8) is 0 Å². The molecule has 7 heteroatoms. The molecular formula is C28H36N4O3. The van der Waals surface area contributed by atoms with E-state index in [1.54, 1.807) is 0 Å². The lowest BCUT2D eigenvalue weighted by Gasteiger charge is -2.48. The number of carbonyl (C=O) groups excluding carboxylic acids is 2. The summed E-state index contributed by atoms with van der Waals surface area (Å²) in [6.45, 7) is 5.54. The standard InChI is InChI=1S/C28H36N4O3/c1-35-28(34)22-11-9-21(10-12-22)18-30-17-13-25-23(19-30)6-5-16-32(25)27(33)24-7-4-15-31(20-24)26-8-2-3-14-29-26/h2-3,8-12,14,23-25H,4-7,13,15-20H2,1H3/t23-,24?,25+/m1/s1. The summed E-state index contributed by atoms with van der Waals surface area (Å²) in [4.78, 5) is 36.9. The molecule has 3 aliphatic heterocycles. The van der Waals surface area contributed by atoms with E-state index in [0.717, 1.165) is 70.8 Å². The number of rotatable bonds is 5. The Morgan fingerprint density at radius 3 is 2.57 bits per heavy atom. The van der Waals surface area contributed by atoms with Crippen LogP contribution in [0.2, 0.25) is 0 Å². The van der Waals surface area contributed by atoms with Crippen LogP contribution >= 0.6 is 0 Å². The van der Waals surface area contributed by atoms with Gasteiger partial charge in [0.15, 0.2) is 0 Å². The molecule has 3 aliphatic rings. The molecule has 0 radical (unpaired) electrons. The molecule has 0 N–H and O–H groups in total. The van der Waals surface area contributed by atoms with Crippen LogP contribution in [0.1, 0.15) is 48.0 Å². The minimum atomic E-state index is -0.301. The van der Waals surface area contributed by atoms with Crippen LogP contribution in [0.25, 0.3) is 0 Å². The normalized spacial score (nSPS) is 25.1. The SMILES string of the molecule is COC(=O)c1ccc(CN2CC[C@H]3[C@H](CCCN3C(=O)C3CCCN(c4ccccn4)C3)C2)cc1. The molecule has 3 fully saturated rings. The summed E-state index contributed by atoms with van der Waals surface area (Å²) < 4.78 is 4.80. The fourth-order valence-electron chi connectivity index (χ4n) is 6.18. The van der Waals surface area contributed by atoms with Crippen molar-refractivity contribution < 1.29 is 14.3 Å². The van der Waals surface area contributed by atoms with Crippen LogP contribution in [0.3, 0.4) is 0 Å². The minimum absolute atomic E-state index is 0.0656. The van der Waals surface area contributed by atoms with Gasteiger partial charge in [0.2, 0.25) is 5.91 Å². The lowest BCUT2D eigenvalue weighted by atomic mass is 9.82. The van der Waals surface area contributed by atoms with Gasteiger partial charge in [-0.15, -0.1) is 0 Å². The zero-order valence-electron chi connectivity index (χ0n) is 20.6. The Balaban J connectivity index is 1.19. The van der Waals surface area contributed by atoms with E-state index in [4.69, 9.17) is 4.74 Å². The number of hydrogen-bond acceptors (Lipinski definition) is 6. The highest BCUT2D eigenvalue weighted by atomic mass is 16.5. The summed E-state index contributed by atoms with van der Waals surface area (Å²) in [6.07, 6.45) is 7.16. The van der Waals surface area contributed by atoms with Crippen molar-refractivity contribution in [2.75, 3.05) is 44.7 Å². The number of ether oxygens (including phenoxy) is 1. The predicted molar refractivity (Wildman–Crippen MR) is 135 cm³/mol. The highest BCUT2D eigenvalue weighted by Crippen LogP contribution is 2.33. The van der Waals surface area contributed by atoms with Crippen LogP contribution in [0.15, 0.2) is 48.7 Å². The molecular weight excluding hydrogens is 440 g/mol. The van der Waals surface area contributed by atoms with Gasteiger partial charge in [0.1, 0.15) is 5.82 Å². The third-order valence-electron chi connectivity index (χ3n) is 7.96. The van der Waals surface area contributed by atoms with Crippen molar-refractivity contribution in [3.05, 3.63) is 59.8 Å². The van der Waals surface area contributed by atoms with E-state index in [9.17, 15) is 9.59 Å². The van der Waals surface area contributed by atoms with Crippen LogP contribution in [-0.2, 0) is 16.1 Å². The predicted octanol–water partition coefficient (Wildman–Crippen LogP) is 3.60. The highest BCUT2D eigenvalue weighted by molar-refractivity contribution is 5.89. The summed E-state index contributed by atoms with van der Waals surface area (Å²) in [5, 5.41) is 0. The largest absolute Gasteiger partial charge is 0.465 e. The quantitative estimate of drug-likeness (QED) is 0.615. The zero-order valence-corrected chi connectivity index (χ0v) is 20.6. The number of aromatic nitrogens is 1. The van der Waals surface area contributed by atoms with Gasteiger partial charge in [0.05, 0.1) is 18.6 Å². The molecule has 35 heavy (non-hydrogen) atoms. The Morgan fingerprint density at radius 2 is 1.80 bits per heavy atom. The van der Waals surface area contributed by atoms with E-state index in [0.29, 0.717) is 23.4 Å². The molecule has 4 heterocycles. The first-order chi connectivity index (χ1) is 17.1. The monoisotopic (exact) mass is 476 g/mol. The fraction of sp³-hybridized carbons (Fsp3) is 0.536.